The summed E-state index contributed by atoms with van der Waals surface area (Å²) in [6.07, 6.45) is 5.53. The van der Waals surface area contributed by atoms with Gasteiger partial charge in [-0.15, -0.1) is 0 Å². The lowest BCUT2D eigenvalue weighted by Crippen LogP contribution is -2.23. The first kappa shape index (κ1) is 12.5. The summed E-state index contributed by atoms with van der Waals surface area (Å²) in [6, 6.07) is 0. The van der Waals surface area contributed by atoms with Crippen LogP contribution in [0.2, 0.25) is 0 Å². The van der Waals surface area contributed by atoms with E-state index in [-0.39, 0.29) is 5.97 Å². The summed E-state index contributed by atoms with van der Waals surface area (Å²) in [4.78, 5) is 10.8. The number of ether oxygens (including phenoxy) is 1. The molecule has 1 aliphatic rings. The molecule has 1 aliphatic carbocycles. The number of nitrogens with one attached hydrogen (secondary N) is 1. The van der Waals surface area contributed by atoms with E-state index < -0.39 is 0 Å². The average Bonchev–Trinajstić information content (AvgIpc) is 2.63. The summed E-state index contributed by atoms with van der Waals surface area (Å²) in [5, 5.41) is 3.42. The average molecular weight is 213 g/mol. The van der Waals surface area contributed by atoms with E-state index in [9.17, 15) is 4.79 Å². The van der Waals surface area contributed by atoms with Crippen LogP contribution in [0.15, 0.2) is 0 Å². The number of esters is 1. The third-order valence-corrected chi connectivity index (χ3v) is 3.20. The van der Waals surface area contributed by atoms with Crippen molar-refractivity contribution in [2.24, 2.45) is 11.8 Å². The zero-order chi connectivity index (χ0) is 11.1. The molecular formula is C12H23NO2. The van der Waals surface area contributed by atoms with Crippen LogP contribution in [0.5, 0.6) is 0 Å². The number of carbonyl (C=O) groups excluding carboxylic acids is 1. The summed E-state index contributed by atoms with van der Waals surface area (Å²) in [7, 11) is 1.44. The molecule has 1 N–H and O–H groups in total. The van der Waals surface area contributed by atoms with Crippen molar-refractivity contribution in [1.82, 2.24) is 5.32 Å². The maximum absolute atomic E-state index is 10.8. The molecule has 0 aromatic rings. The van der Waals surface area contributed by atoms with E-state index in [4.69, 9.17) is 0 Å². The normalized spacial score (nSPS) is 25.5. The highest BCUT2D eigenvalue weighted by molar-refractivity contribution is 5.68. The van der Waals surface area contributed by atoms with Crippen molar-refractivity contribution in [3.05, 3.63) is 0 Å². The smallest absolute Gasteiger partial charge is 0.305 e. The lowest BCUT2D eigenvalue weighted by atomic mass is 10.1. The summed E-state index contributed by atoms with van der Waals surface area (Å²) in [5.74, 6) is 1.66. The Balaban J connectivity index is 1.91. The van der Waals surface area contributed by atoms with Crippen molar-refractivity contribution < 1.29 is 9.53 Å². The van der Waals surface area contributed by atoms with Gasteiger partial charge in [-0.05, 0) is 44.2 Å². The molecule has 0 aromatic heterocycles. The first-order valence-corrected chi connectivity index (χ1v) is 6.00. The molecule has 88 valence electrons. The van der Waals surface area contributed by atoms with Crippen LogP contribution >= 0.6 is 0 Å². The third kappa shape index (κ3) is 5.17. The molecule has 0 aromatic carbocycles. The van der Waals surface area contributed by atoms with Crippen LogP contribution in [0.1, 0.15) is 39.0 Å². The van der Waals surface area contributed by atoms with Gasteiger partial charge in [0.25, 0.3) is 0 Å². The second-order valence-corrected chi connectivity index (χ2v) is 4.67. The number of hydrogen-bond donors (Lipinski definition) is 1. The minimum Gasteiger partial charge on any atom is -0.469 e. The fourth-order valence-corrected chi connectivity index (χ4v) is 2.28. The standard InChI is InChI=1S/C12H23NO2/c1-10-5-6-11(8-10)9-13-7-3-4-12(14)15-2/h10-11,13H,3-9H2,1-2H3. The summed E-state index contributed by atoms with van der Waals surface area (Å²) >= 11 is 0. The maximum Gasteiger partial charge on any atom is 0.305 e. The Labute approximate surface area is 92.6 Å². The fraction of sp³-hybridized carbons (Fsp3) is 0.917. The molecule has 1 saturated carbocycles. The van der Waals surface area contributed by atoms with Gasteiger partial charge < -0.3 is 10.1 Å². The Hall–Kier alpha value is -0.570. The Morgan fingerprint density at radius 1 is 1.47 bits per heavy atom. The number of carbonyl (C=O) groups is 1. The highest BCUT2D eigenvalue weighted by Crippen LogP contribution is 2.29. The van der Waals surface area contributed by atoms with E-state index in [2.05, 4.69) is 17.0 Å². The molecule has 0 amide bonds. The molecule has 0 bridgehead atoms. The Bertz CT molecular complexity index is 194. The van der Waals surface area contributed by atoms with E-state index in [0.29, 0.717) is 6.42 Å². The lowest BCUT2D eigenvalue weighted by Gasteiger charge is -2.10. The van der Waals surface area contributed by atoms with Gasteiger partial charge >= 0.3 is 5.97 Å². The molecule has 2 unspecified atom stereocenters. The Morgan fingerprint density at radius 2 is 2.27 bits per heavy atom. The molecule has 2 atom stereocenters. The summed E-state index contributed by atoms with van der Waals surface area (Å²) < 4.78 is 4.58. The second kappa shape index (κ2) is 6.83. The fourth-order valence-electron chi connectivity index (χ4n) is 2.28. The van der Waals surface area contributed by atoms with E-state index in [0.717, 1.165) is 31.3 Å². The molecule has 0 saturated heterocycles. The largest absolute Gasteiger partial charge is 0.469 e. The van der Waals surface area contributed by atoms with Gasteiger partial charge in [-0.25, -0.2) is 0 Å². The highest BCUT2D eigenvalue weighted by Gasteiger charge is 2.20. The van der Waals surface area contributed by atoms with E-state index in [1.165, 1.54) is 26.4 Å². The summed E-state index contributed by atoms with van der Waals surface area (Å²) in [5.41, 5.74) is 0. The van der Waals surface area contributed by atoms with Crippen molar-refractivity contribution in [3.8, 4) is 0 Å². The maximum atomic E-state index is 10.8. The number of hydrogen-bond acceptors (Lipinski definition) is 3. The quantitative estimate of drug-likeness (QED) is 0.541. The minimum atomic E-state index is -0.105. The zero-order valence-electron chi connectivity index (χ0n) is 9.92. The van der Waals surface area contributed by atoms with E-state index in [1.807, 2.05) is 0 Å². The monoisotopic (exact) mass is 213 g/mol. The Morgan fingerprint density at radius 3 is 2.87 bits per heavy atom. The molecule has 0 heterocycles. The molecule has 1 rings (SSSR count). The highest BCUT2D eigenvalue weighted by atomic mass is 16.5. The SMILES string of the molecule is COC(=O)CCCNCC1CCC(C)C1. The lowest BCUT2D eigenvalue weighted by molar-refractivity contribution is -0.140. The Kier molecular flexibility index (Phi) is 5.69. The topological polar surface area (TPSA) is 38.3 Å². The molecule has 1 fully saturated rings. The van der Waals surface area contributed by atoms with Gasteiger partial charge in [0, 0.05) is 6.42 Å². The number of methoxy groups -OCH3 is 1. The van der Waals surface area contributed by atoms with E-state index in [1.54, 1.807) is 0 Å². The zero-order valence-corrected chi connectivity index (χ0v) is 9.92. The van der Waals surface area contributed by atoms with Crippen LogP contribution in [-0.4, -0.2) is 26.2 Å². The summed E-state index contributed by atoms with van der Waals surface area (Å²) in [6.45, 7) is 4.38. The van der Waals surface area contributed by atoms with Crippen molar-refractivity contribution in [3.63, 3.8) is 0 Å². The third-order valence-electron chi connectivity index (χ3n) is 3.20. The first-order valence-electron chi connectivity index (χ1n) is 6.00. The van der Waals surface area contributed by atoms with Gasteiger partial charge in [-0.3, -0.25) is 4.79 Å². The molecule has 3 nitrogen and oxygen atoms in total. The van der Waals surface area contributed by atoms with Gasteiger partial charge in [0.05, 0.1) is 7.11 Å². The predicted molar refractivity (Wildman–Crippen MR) is 60.6 cm³/mol. The van der Waals surface area contributed by atoms with E-state index >= 15 is 0 Å². The van der Waals surface area contributed by atoms with Gasteiger partial charge in [-0.1, -0.05) is 13.3 Å². The second-order valence-electron chi connectivity index (χ2n) is 4.67. The van der Waals surface area contributed by atoms with Crippen LogP contribution in [0.25, 0.3) is 0 Å². The van der Waals surface area contributed by atoms with Crippen molar-refractivity contribution >= 4 is 5.97 Å². The van der Waals surface area contributed by atoms with Gasteiger partial charge in [0.15, 0.2) is 0 Å². The van der Waals surface area contributed by atoms with Crippen LogP contribution in [0, 0.1) is 11.8 Å². The predicted octanol–water partition coefficient (Wildman–Crippen LogP) is 1.97. The molecule has 15 heavy (non-hydrogen) atoms. The number of rotatable bonds is 6. The van der Waals surface area contributed by atoms with Crippen LogP contribution in [-0.2, 0) is 9.53 Å². The van der Waals surface area contributed by atoms with Crippen LogP contribution in [0.4, 0.5) is 0 Å². The molecule has 0 aliphatic heterocycles. The molecular weight excluding hydrogens is 190 g/mol. The van der Waals surface area contributed by atoms with Crippen molar-refractivity contribution in [2.45, 2.75) is 39.0 Å². The molecule has 0 radical (unpaired) electrons. The molecule has 3 heteroatoms. The van der Waals surface area contributed by atoms with Gasteiger partial charge in [0.2, 0.25) is 0 Å². The van der Waals surface area contributed by atoms with Crippen LogP contribution in [0.3, 0.4) is 0 Å². The van der Waals surface area contributed by atoms with Gasteiger partial charge in [0.1, 0.15) is 0 Å². The first-order chi connectivity index (χ1) is 7.22. The minimum absolute atomic E-state index is 0.105. The van der Waals surface area contributed by atoms with Crippen molar-refractivity contribution in [2.75, 3.05) is 20.2 Å². The van der Waals surface area contributed by atoms with Crippen molar-refractivity contribution in [1.29, 1.82) is 0 Å². The van der Waals surface area contributed by atoms with Crippen LogP contribution < -0.4 is 5.32 Å². The van der Waals surface area contributed by atoms with Gasteiger partial charge in [-0.2, -0.15) is 0 Å². The molecule has 0 spiro atoms.